The molecule has 0 spiro atoms. The van der Waals surface area contributed by atoms with E-state index in [2.05, 4.69) is 15.3 Å². The molecule has 7 nitrogen and oxygen atoms in total. The van der Waals surface area contributed by atoms with Gasteiger partial charge in [0.1, 0.15) is 10.7 Å². The summed E-state index contributed by atoms with van der Waals surface area (Å²) in [5.41, 5.74) is 1.68. The number of anilines is 1. The molecule has 0 fully saturated rings. The first-order valence-electron chi connectivity index (χ1n) is 9.14. The normalized spacial score (nSPS) is 12.8. The Bertz CT molecular complexity index is 1100. The largest absolute Gasteiger partial charge is 0.493 e. The molecule has 4 rings (SSSR count). The van der Waals surface area contributed by atoms with Crippen LogP contribution in [0.2, 0.25) is 0 Å². The van der Waals surface area contributed by atoms with Crippen molar-refractivity contribution < 1.29 is 14.3 Å². The summed E-state index contributed by atoms with van der Waals surface area (Å²) in [5.74, 6) is 1.52. The molecule has 146 valence electrons. The van der Waals surface area contributed by atoms with Crippen molar-refractivity contribution in [2.75, 3.05) is 19.5 Å². The molecule has 0 radical (unpaired) electrons. The molecule has 2 aromatic heterocycles. The number of methoxy groups -OCH3 is 2. The molecular weight excluding hydrogens is 378 g/mol. The number of ether oxygens (including phenoxy) is 2. The monoisotopic (exact) mass is 399 g/mol. The van der Waals surface area contributed by atoms with E-state index in [9.17, 15) is 9.59 Å². The third-order valence-corrected chi connectivity index (χ3v) is 6.07. The highest BCUT2D eigenvalue weighted by Gasteiger charge is 2.21. The van der Waals surface area contributed by atoms with Gasteiger partial charge in [0.25, 0.3) is 5.56 Å². The molecule has 2 heterocycles. The summed E-state index contributed by atoms with van der Waals surface area (Å²) in [7, 11) is 3.10. The molecule has 2 N–H and O–H groups in total. The number of benzene rings is 1. The lowest BCUT2D eigenvalue weighted by molar-refractivity contribution is -0.116. The fourth-order valence-electron chi connectivity index (χ4n) is 3.53. The van der Waals surface area contributed by atoms with Gasteiger partial charge in [0.05, 0.1) is 19.6 Å². The number of nitrogens with zero attached hydrogens (tertiary/aromatic N) is 1. The number of thiophene rings is 1. The highest BCUT2D eigenvalue weighted by molar-refractivity contribution is 7.18. The lowest BCUT2D eigenvalue weighted by Crippen LogP contribution is -2.16. The minimum Gasteiger partial charge on any atom is -0.493 e. The molecule has 3 aromatic rings. The molecule has 0 aliphatic heterocycles. The van der Waals surface area contributed by atoms with E-state index < -0.39 is 0 Å². The highest BCUT2D eigenvalue weighted by Crippen LogP contribution is 2.34. The first kappa shape index (κ1) is 18.5. The van der Waals surface area contributed by atoms with Crippen molar-refractivity contribution in [3.8, 4) is 11.5 Å². The Kier molecular flexibility index (Phi) is 5.04. The number of carbonyl (C=O) groups is 1. The number of aromatic amines is 1. The summed E-state index contributed by atoms with van der Waals surface area (Å²) in [5, 5.41) is 3.56. The fourth-order valence-corrected chi connectivity index (χ4v) is 4.82. The zero-order valence-electron chi connectivity index (χ0n) is 15.8. The molecule has 0 atom stereocenters. The first-order valence-corrected chi connectivity index (χ1v) is 9.96. The average Bonchev–Trinajstić information content (AvgIpc) is 3.27. The minimum absolute atomic E-state index is 0.0975. The van der Waals surface area contributed by atoms with Gasteiger partial charge in [-0.1, -0.05) is 0 Å². The van der Waals surface area contributed by atoms with Crippen LogP contribution in [0.25, 0.3) is 10.2 Å². The van der Waals surface area contributed by atoms with E-state index in [1.807, 2.05) is 0 Å². The zero-order chi connectivity index (χ0) is 19.7. The number of nitrogens with one attached hydrogen (secondary N) is 2. The van der Waals surface area contributed by atoms with Crippen LogP contribution in [0.1, 0.15) is 29.1 Å². The van der Waals surface area contributed by atoms with Gasteiger partial charge < -0.3 is 19.8 Å². The van der Waals surface area contributed by atoms with Crippen LogP contribution in [0, 0.1) is 0 Å². The molecule has 1 aliphatic carbocycles. The standard InChI is InChI=1S/C20H21N3O4S/c1-26-13-7-6-11(10-14(13)27-2)21-17(24)9-8-16-22-19(25)18-12-4-3-5-15(12)28-20(18)23-16/h6-7,10H,3-5,8-9H2,1-2H3,(H,21,24)(H,22,23,25). The van der Waals surface area contributed by atoms with Crippen LogP contribution in [-0.2, 0) is 24.1 Å². The third kappa shape index (κ3) is 3.47. The Hall–Kier alpha value is -2.87. The fraction of sp³-hybridized carbons (Fsp3) is 0.350. The number of rotatable bonds is 6. The van der Waals surface area contributed by atoms with E-state index in [4.69, 9.17) is 9.47 Å². The number of hydrogen-bond donors (Lipinski definition) is 2. The molecule has 1 aliphatic rings. The molecule has 0 unspecified atom stereocenters. The summed E-state index contributed by atoms with van der Waals surface area (Å²) < 4.78 is 10.4. The van der Waals surface area contributed by atoms with Crippen molar-refractivity contribution in [1.82, 2.24) is 9.97 Å². The van der Waals surface area contributed by atoms with Crippen LogP contribution in [0.3, 0.4) is 0 Å². The molecule has 0 saturated carbocycles. The zero-order valence-corrected chi connectivity index (χ0v) is 16.6. The van der Waals surface area contributed by atoms with Crippen molar-refractivity contribution in [2.45, 2.75) is 32.1 Å². The minimum atomic E-state index is -0.163. The van der Waals surface area contributed by atoms with E-state index in [1.165, 1.54) is 4.88 Å². The molecule has 28 heavy (non-hydrogen) atoms. The molecule has 8 heteroatoms. The van der Waals surface area contributed by atoms with Crippen molar-refractivity contribution in [1.29, 1.82) is 0 Å². The Morgan fingerprint density at radius 3 is 2.86 bits per heavy atom. The van der Waals surface area contributed by atoms with Gasteiger partial charge in [0.15, 0.2) is 11.5 Å². The van der Waals surface area contributed by atoms with Gasteiger partial charge in [0, 0.05) is 29.5 Å². The van der Waals surface area contributed by atoms with Gasteiger partial charge in [-0.15, -0.1) is 11.3 Å². The lowest BCUT2D eigenvalue weighted by atomic mass is 10.2. The van der Waals surface area contributed by atoms with Crippen molar-refractivity contribution in [3.05, 3.63) is 44.8 Å². The van der Waals surface area contributed by atoms with Gasteiger partial charge in [-0.2, -0.15) is 0 Å². The number of fused-ring (bicyclic) bond motifs is 3. The summed E-state index contributed by atoms with van der Waals surface area (Å²) >= 11 is 1.60. The maximum atomic E-state index is 12.5. The lowest BCUT2D eigenvalue weighted by Gasteiger charge is -2.10. The Balaban J connectivity index is 1.44. The van der Waals surface area contributed by atoms with Gasteiger partial charge in [-0.25, -0.2) is 4.98 Å². The van der Waals surface area contributed by atoms with Crippen LogP contribution >= 0.6 is 11.3 Å². The maximum absolute atomic E-state index is 12.5. The van der Waals surface area contributed by atoms with Gasteiger partial charge in [-0.3, -0.25) is 9.59 Å². The smallest absolute Gasteiger partial charge is 0.259 e. The summed E-state index contributed by atoms with van der Waals surface area (Å²) in [6.07, 6.45) is 3.67. The third-order valence-electron chi connectivity index (χ3n) is 4.88. The van der Waals surface area contributed by atoms with Crippen LogP contribution in [0.15, 0.2) is 23.0 Å². The first-order chi connectivity index (χ1) is 13.6. The maximum Gasteiger partial charge on any atom is 0.259 e. The summed E-state index contributed by atoms with van der Waals surface area (Å²) in [6, 6.07) is 5.19. The van der Waals surface area contributed by atoms with E-state index in [0.717, 1.165) is 35.0 Å². The predicted molar refractivity (Wildman–Crippen MR) is 109 cm³/mol. The number of amides is 1. The van der Waals surface area contributed by atoms with Crippen molar-refractivity contribution >= 4 is 33.1 Å². The molecule has 1 aromatic carbocycles. The van der Waals surface area contributed by atoms with E-state index in [1.54, 1.807) is 43.8 Å². The Labute approximate surface area is 165 Å². The molecule has 0 bridgehead atoms. The Morgan fingerprint density at radius 2 is 2.07 bits per heavy atom. The number of hydrogen-bond acceptors (Lipinski definition) is 6. The second kappa shape index (κ2) is 7.63. The van der Waals surface area contributed by atoms with E-state index >= 15 is 0 Å². The van der Waals surface area contributed by atoms with Crippen LogP contribution in [0.4, 0.5) is 5.69 Å². The molecule has 1 amide bonds. The van der Waals surface area contributed by atoms with Crippen molar-refractivity contribution in [2.24, 2.45) is 0 Å². The van der Waals surface area contributed by atoms with Crippen LogP contribution in [-0.4, -0.2) is 30.1 Å². The summed E-state index contributed by atoms with van der Waals surface area (Å²) in [4.78, 5) is 34.2. The number of aromatic nitrogens is 2. The number of H-pyrrole nitrogens is 1. The number of aryl methyl sites for hydroxylation is 3. The van der Waals surface area contributed by atoms with Gasteiger partial charge in [0.2, 0.25) is 5.91 Å². The van der Waals surface area contributed by atoms with Crippen LogP contribution in [0.5, 0.6) is 11.5 Å². The van der Waals surface area contributed by atoms with Gasteiger partial charge in [-0.05, 0) is 37.0 Å². The highest BCUT2D eigenvalue weighted by atomic mass is 32.1. The van der Waals surface area contributed by atoms with Gasteiger partial charge >= 0.3 is 0 Å². The molecular formula is C20H21N3O4S. The second-order valence-corrected chi connectivity index (χ2v) is 7.75. The van der Waals surface area contributed by atoms with E-state index in [0.29, 0.717) is 29.4 Å². The SMILES string of the molecule is COc1ccc(NC(=O)CCc2nc3sc4c(c3c(=O)[nH]2)CCC4)cc1OC. The topological polar surface area (TPSA) is 93.3 Å². The number of carbonyl (C=O) groups excluding carboxylic acids is 1. The average molecular weight is 399 g/mol. The quantitative estimate of drug-likeness (QED) is 0.664. The second-order valence-electron chi connectivity index (χ2n) is 6.67. The van der Waals surface area contributed by atoms with Crippen LogP contribution < -0.4 is 20.3 Å². The van der Waals surface area contributed by atoms with E-state index in [-0.39, 0.29) is 17.9 Å². The summed E-state index contributed by atoms with van der Waals surface area (Å²) in [6.45, 7) is 0. The Morgan fingerprint density at radius 1 is 1.25 bits per heavy atom. The molecule has 0 saturated heterocycles. The van der Waals surface area contributed by atoms with Crippen molar-refractivity contribution in [3.63, 3.8) is 0 Å². The predicted octanol–water partition coefficient (Wildman–Crippen LogP) is 3.06.